The van der Waals surface area contributed by atoms with Gasteiger partial charge in [-0.2, -0.15) is 0 Å². The van der Waals surface area contributed by atoms with Gasteiger partial charge in [-0.25, -0.2) is 0 Å². The van der Waals surface area contributed by atoms with Crippen LogP contribution in [0.3, 0.4) is 0 Å². The largest absolute Gasteiger partial charge is 0.326 e. The number of anilines is 1. The maximum Gasteiger partial charge on any atom is 0.221 e. The highest BCUT2D eigenvalue weighted by Gasteiger charge is 2.46. The topological polar surface area (TPSA) is 29.1 Å². The van der Waals surface area contributed by atoms with E-state index < -0.39 is 0 Å². The molecule has 1 N–H and O–H groups in total. The fraction of sp³-hybridized carbons (Fsp3) is 0.348. The Balaban J connectivity index is 1.84. The molecule has 0 aromatic heterocycles. The lowest BCUT2D eigenvalue weighted by Crippen LogP contribution is -2.34. The van der Waals surface area contributed by atoms with Gasteiger partial charge < -0.3 is 5.32 Å². The molecule has 2 aromatic carbocycles. The smallest absolute Gasteiger partial charge is 0.221 e. The van der Waals surface area contributed by atoms with Gasteiger partial charge in [0.25, 0.3) is 0 Å². The molecule has 1 fully saturated rings. The van der Waals surface area contributed by atoms with E-state index in [0.29, 0.717) is 5.41 Å². The molecule has 2 aliphatic rings. The van der Waals surface area contributed by atoms with Gasteiger partial charge in [0.05, 0.1) is 0 Å². The lowest BCUT2D eigenvalue weighted by Gasteiger charge is -2.49. The second-order valence-electron chi connectivity index (χ2n) is 7.46. The summed E-state index contributed by atoms with van der Waals surface area (Å²) in [6, 6.07) is 19.1. The third kappa shape index (κ3) is 2.90. The number of carbonyl (C=O) groups is 1. The van der Waals surface area contributed by atoms with Gasteiger partial charge in [0.15, 0.2) is 0 Å². The van der Waals surface area contributed by atoms with Crippen LogP contribution in [0.5, 0.6) is 0 Å². The number of carbonyl (C=O) groups excluding carboxylic acids is 1. The van der Waals surface area contributed by atoms with Crippen molar-refractivity contribution in [3.63, 3.8) is 0 Å². The van der Waals surface area contributed by atoms with Gasteiger partial charge >= 0.3 is 0 Å². The molecular weight excluding hydrogens is 306 g/mol. The molecule has 0 unspecified atom stereocenters. The second-order valence-corrected chi connectivity index (χ2v) is 7.46. The van der Waals surface area contributed by atoms with E-state index in [2.05, 4.69) is 47.8 Å². The summed E-state index contributed by atoms with van der Waals surface area (Å²) in [5, 5.41) is 3.01. The standard InChI is InChI=1S/C23H25NO/c1-17(25)24-21-13-7-6-12-19(21)20-16-23(14-8-3-9-15-23)22(20)18-10-4-2-5-11-18/h2,4-7,10-13H,3,8-9,14-16H2,1H3,(H,24,25). The highest BCUT2D eigenvalue weighted by Crippen LogP contribution is 2.62. The van der Waals surface area contributed by atoms with Crippen LogP contribution in [0.2, 0.25) is 0 Å². The average molecular weight is 331 g/mol. The van der Waals surface area contributed by atoms with Crippen molar-refractivity contribution in [3.8, 4) is 0 Å². The first-order valence-corrected chi connectivity index (χ1v) is 9.36. The Bertz CT molecular complexity index is 813. The Morgan fingerprint density at radius 3 is 2.32 bits per heavy atom. The van der Waals surface area contributed by atoms with E-state index in [4.69, 9.17) is 0 Å². The Hall–Kier alpha value is -2.35. The van der Waals surface area contributed by atoms with Crippen LogP contribution in [0.4, 0.5) is 5.69 Å². The third-order valence-corrected chi connectivity index (χ3v) is 5.78. The molecule has 0 saturated heterocycles. The fourth-order valence-corrected chi connectivity index (χ4v) is 4.74. The van der Waals surface area contributed by atoms with Crippen molar-refractivity contribution >= 4 is 22.7 Å². The highest BCUT2D eigenvalue weighted by atomic mass is 16.1. The Morgan fingerprint density at radius 1 is 0.920 bits per heavy atom. The molecule has 0 bridgehead atoms. The summed E-state index contributed by atoms with van der Waals surface area (Å²) in [7, 11) is 0. The van der Waals surface area contributed by atoms with Crippen LogP contribution >= 0.6 is 0 Å². The van der Waals surface area contributed by atoms with E-state index in [1.807, 2.05) is 12.1 Å². The van der Waals surface area contributed by atoms with Crippen LogP contribution < -0.4 is 5.32 Å². The van der Waals surface area contributed by atoms with Crippen LogP contribution in [0.25, 0.3) is 11.1 Å². The number of allylic oxidation sites excluding steroid dienone is 2. The third-order valence-electron chi connectivity index (χ3n) is 5.78. The van der Waals surface area contributed by atoms with E-state index >= 15 is 0 Å². The summed E-state index contributed by atoms with van der Waals surface area (Å²) < 4.78 is 0. The fourth-order valence-electron chi connectivity index (χ4n) is 4.74. The van der Waals surface area contributed by atoms with Crippen LogP contribution in [0.15, 0.2) is 54.6 Å². The van der Waals surface area contributed by atoms with Crippen molar-refractivity contribution in [1.29, 1.82) is 0 Å². The van der Waals surface area contributed by atoms with Crippen molar-refractivity contribution in [2.24, 2.45) is 5.41 Å². The van der Waals surface area contributed by atoms with Crippen molar-refractivity contribution in [1.82, 2.24) is 0 Å². The van der Waals surface area contributed by atoms with E-state index in [1.54, 1.807) is 6.92 Å². The summed E-state index contributed by atoms with van der Waals surface area (Å²) in [6.07, 6.45) is 7.75. The number of rotatable bonds is 3. The Kier molecular flexibility index (Phi) is 4.20. The first kappa shape index (κ1) is 16.1. The van der Waals surface area contributed by atoms with E-state index in [1.165, 1.54) is 54.4 Å². The Morgan fingerprint density at radius 2 is 1.60 bits per heavy atom. The molecule has 2 aliphatic carbocycles. The minimum atomic E-state index is -0.0129. The van der Waals surface area contributed by atoms with E-state index in [0.717, 1.165) is 12.1 Å². The van der Waals surface area contributed by atoms with Gasteiger partial charge in [-0.05, 0) is 42.0 Å². The van der Waals surface area contributed by atoms with E-state index in [-0.39, 0.29) is 5.91 Å². The lowest BCUT2D eigenvalue weighted by atomic mass is 9.54. The monoisotopic (exact) mass is 331 g/mol. The van der Waals surface area contributed by atoms with Crippen molar-refractivity contribution in [2.75, 3.05) is 5.32 Å². The van der Waals surface area contributed by atoms with Crippen LogP contribution in [-0.2, 0) is 4.79 Å². The molecule has 2 aromatic rings. The van der Waals surface area contributed by atoms with Crippen molar-refractivity contribution < 1.29 is 4.79 Å². The SMILES string of the molecule is CC(=O)Nc1ccccc1C1=C(c2ccccc2)C2(CCCCC2)C1. The summed E-state index contributed by atoms with van der Waals surface area (Å²) in [6.45, 7) is 1.58. The normalized spacial score (nSPS) is 18.8. The van der Waals surface area contributed by atoms with Gasteiger partial charge in [-0.1, -0.05) is 67.8 Å². The van der Waals surface area contributed by atoms with Crippen LogP contribution in [0, 0.1) is 5.41 Å². The maximum atomic E-state index is 11.6. The zero-order chi connectivity index (χ0) is 17.3. The zero-order valence-electron chi connectivity index (χ0n) is 14.8. The molecule has 128 valence electrons. The molecule has 4 rings (SSSR count). The first-order valence-electron chi connectivity index (χ1n) is 9.36. The van der Waals surface area contributed by atoms with Gasteiger partial charge in [-0.15, -0.1) is 0 Å². The second kappa shape index (κ2) is 6.51. The predicted octanol–water partition coefficient (Wildman–Crippen LogP) is 5.91. The molecule has 0 heterocycles. The van der Waals surface area contributed by atoms with Gasteiger partial charge in [0.2, 0.25) is 5.91 Å². The number of hydrogen-bond acceptors (Lipinski definition) is 1. The maximum absolute atomic E-state index is 11.6. The first-order chi connectivity index (χ1) is 12.2. The number of benzene rings is 2. The van der Waals surface area contributed by atoms with Gasteiger partial charge in [0.1, 0.15) is 0 Å². The molecule has 0 radical (unpaired) electrons. The number of hydrogen-bond donors (Lipinski definition) is 1. The highest BCUT2D eigenvalue weighted by molar-refractivity contribution is 6.04. The minimum absolute atomic E-state index is 0.0129. The molecule has 2 nitrogen and oxygen atoms in total. The summed E-state index contributed by atoms with van der Waals surface area (Å²) in [5.74, 6) is -0.0129. The van der Waals surface area contributed by atoms with Crippen LogP contribution in [0.1, 0.15) is 56.6 Å². The lowest BCUT2D eigenvalue weighted by molar-refractivity contribution is -0.114. The zero-order valence-corrected chi connectivity index (χ0v) is 14.8. The molecular formula is C23H25NO. The molecule has 1 saturated carbocycles. The molecule has 25 heavy (non-hydrogen) atoms. The quantitative estimate of drug-likeness (QED) is 0.744. The van der Waals surface area contributed by atoms with Crippen LogP contribution in [-0.4, -0.2) is 5.91 Å². The Labute approximate surface area is 150 Å². The minimum Gasteiger partial charge on any atom is -0.326 e. The van der Waals surface area contributed by atoms with Crippen molar-refractivity contribution in [2.45, 2.75) is 45.4 Å². The molecule has 1 spiro atoms. The number of nitrogens with one attached hydrogen (secondary N) is 1. The van der Waals surface area contributed by atoms with E-state index in [9.17, 15) is 4.79 Å². The predicted molar refractivity (Wildman–Crippen MR) is 104 cm³/mol. The van der Waals surface area contributed by atoms with Gasteiger partial charge in [0, 0.05) is 23.6 Å². The number of para-hydroxylation sites is 1. The summed E-state index contributed by atoms with van der Waals surface area (Å²) >= 11 is 0. The molecule has 2 heteroatoms. The molecule has 1 amide bonds. The van der Waals surface area contributed by atoms with Gasteiger partial charge in [-0.3, -0.25) is 4.79 Å². The average Bonchev–Trinajstić information content (AvgIpc) is 2.62. The molecule has 0 atom stereocenters. The number of amides is 1. The summed E-state index contributed by atoms with van der Waals surface area (Å²) in [4.78, 5) is 11.6. The van der Waals surface area contributed by atoms with Crippen molar-refractivity contribution in [3.05, 3.63) is 65.7 Å². The molecule has 0 aliphatic heterocycles. The summed E-state index contributed by atoms with van der Waals surface area (Å²) in [5.41, 5.74) is 6.75.